The van der Waals surface area contributed by atoms with Crippen LogP contribution in [-0.2, 0) is 41.9 Å². The summed E-state index contributed by atoms with van der Waals surface area (Å²) in [7, 11) is 1.61. The normalized spacial score (nSPS) is 22.5. The zero-order valence-corrected chi connectivity index (χ0v) is 28.3. The van der Waals surface area contributed by atoms with Crippen LogP contribution in [0.2, 0.25) is 0 Å². The molecule has 0 saturated carbocycles. The summed E-state index contributed by atoms with van der Waals surface area (Å²) in [6, 6.07) is 13.6. The van der Waals surface area contributed by atoms with E-state index in [1.54, 1.807) is 45.2 Å². The fourth-order valence-electron chi connectivity index (χ4n) is 5.08. The average molecular weight is 668 g/mol. The van der Waals surface area contributed by atoms with Crippen molar-refractivity contribution in [3.05, 3.63) is 77.4 Å². The van der Waals surface area contributed by atoms with Crippen molar-refractivity contribution in [2.45, 2.75) is 78.1 Å². The lowest BCUT2D eigenvalue weighted by molar-refractivity contribution is -0.160. The maximum Gasteiger partial charge on any atom is 0.328 e. The van der Waals surface area contributed by atoms with Crippen molar-refractivity contribution in [1.29, 1.82) is 0 Å². The average Bonchev–Trinajstić information content (AvgIpc) is 3.07. The van der Waals surface area contributed by atoms with Crippen LogP contribution < -0.4 is 20.7 Å². The lowest BCUT2D eigenvalue weighted by Crippen LogP contribution is -2.49. The third kappa shape index (κ3) is 12.1. The molecular formula is C36H49N3O9. The number of rotatable bonds is 11. The molecule has 1 heterocycles. The van der Waals surface area contributed by atoms with Gasteiger partial charge in [-0.1, -0.05) is 70.2 Å². The Morgan fingerprint density at radius 3 is 2.15 bits per heavy atom. The van der Waals surface area contributed by atoms with Gasteiger partial charge in [0.05, 0.1) is 38.9 Å². The third-order valence-electron chi connectivity index (χ3n) is 8.16. The molecule has 5 N–H and O–H groups in total. The molecule has 0 aromatic heterocycles. The Labute approximate surface area is 282 Å². The van der Waals surface area contributed by atoms with Gasteiger partial charge in [0.1, 0.15) is 24.0 Å². The minimum absolute atomic E-state index is 0.0151. The van der Waals surface area contributed by atoms with Crippen molar-refractivity contribution < 1.29 is 43.6 Å². The summed E-state index contributed by atoms with van der Waals surface area (Å²) in [5.74, 6) is -2.78. The van der Waals surface area contributed by atoms with Crippen LogP contribution in [-0.4, -0.2) is 72.4 Å². The predicted octanol–water partition coefficient (Wildman–Crippen LogP) is 2.71. The first-order valence-corrected chi connectivity index (χ1v) is 16.3. The van der Waals surface area contributed by atoms with E-state index in [-0.39, 0.29) is 25.4 Å². The van der Waals surface area contributed by atoms with Crippen LogP contribution in [0.15, 0.2) is 60.7 Å². The van der Waals surface area contributed by atoms with Crippen LogP contribution in [0.5, 0.6) is 5.75 Å². The smallest absolute Gasteiger partial charge is 0.328 e. The highest BCUT2D eigenvalue weighted by Gasteiger charge is 2.35. The van der Waals surface area contributed by atoms with Gasteiger partial charge in [-0.15, -0.1) is 0 Å². The molecule has 0 fully saturated rings. The highest BCUT2D eigenvalue weighted by Crippen LogP contribution is 2.28. The monoisotopic (exact) mass is 667 g/mol. The molecule has 48 heavy (non-hydrogen) atoms. The molecule has 0 spiro atoms. The first kappa shape index (κ1) is 38.2. The summed E-state index contributed by atoms with van der Waals surface area (Å²) in [4.78, 5) is 50.8. The quantitative estimate of drug-likeness (QED) is 0.226. The van der Waals surface area contributed by atoms with Crippen molar-refractivity contribution >= 4 is 23.7 Å². The fourth-order valence-corrected chi connectivity index (χ4v) is 5.08. The van der Waals surface area contributed by atoms with Crippen molar-refractivity contribution in [3.63, 3.8) is 0 Å². The number of aliphatic hydroxyl groups is 2. The Hall–Kier alpha value is -4.26. The minimum atomic E-state index is -1.35. The molecule has 0 saturated heterocycles. The van der Waals surface area contributed by atoms with Crippen LogP contribution in [0, 0.1) is 17.8 Å². The Bertz CT molecular complexity index is 1380. The molecule has 12 nitrogen and oxygen atoms in total. The largest absolute Gasteiger partial charge is 0.497 e. The summed E-state index contributed by atoms with van der Waals surface area (Å²) < 4.78 is 16.9. The molecule has 262 valence electrons. The molecule has 12 heteroatoms. The number of methoxy groups -OCH3 is 1. The van der Waals surface area contributed by atoms with E-state index in [2.05, 4.69) is 16.0 Å². The Morgan fingerprint density at radius 2 is 1.54 bits per heavy atom. The van der Waals surface area contributed by atoms with E-state index < -0.39 is 59.9 Å². The van der Waals surface area contributed by atoms with Crippen molar-refractivity contribution in [2.75, 3.05) is 20.2 Å². The van der Waals surface area contributed by atoms with Gasteiger partial charge in [-0.3, -0.25) is 14.4 Å². The molecule has 0 aliphatic carbocycles. The van der Waals surface area contributed by atoms with E-state index in [0.717, 1.165) is 16.9 Å². The molecule has 2 aromatic rings. The Morgan fingerprint density at radius 1 is 0.917 bits per heavy atom. The minimum Gasteiger partial charge on any atom is -0.497 e. The summed E-state index contributed by atoms with van der Waals surface area (Å²) in [6.07, 6.45) is -0.603. The third-order valence-corrected chi connectivity index (χ3v) is 8.16. The van der Waals surface area contributed by atoms with Gasteiger partial charge in [-0.2, -0.15) is 0 Å². The number of amides is 3. The zero-order valence-electron chi connectivity index (χ0n) is 28.3. The molecule has 5 unspecified atom stereocenters. The van der Waals surface area contributed by atoms with Gasteiger partial charge < -0.3 is 40.4 Å². The van der Waals surface area contributed by atoms with Crippen molar-refractivity contribution in [3.8, 4) is 5.75 Å². The number of hydrogen-bond acceptors (Lipinski definition) is 9. The van der Waals surface area contributed by atoms with Crippen LogP contribution in [0.4, 0.5) is 0 Å². The van der Waals surface area contributed by atoms with Crippen LogP contribution >= 0.6 is 0 Å². The molecule has 0 radical (unpaired) electrons. The van der Waals surface area contributed by atoms with E-state index in [4.69, 9.17) is 14.2 Å². The zero-order chi connectivity index (χ0) is 35.2. The van der Waals surface area contributed by atoms with Crippen LogP contribution in [0.1, 0.15) is 63.3 Å². The van der Waals surface area contributed by atoms with Gasteiger partial charge in [-0.05, 0) is 47.2 Å². The lowest BCUT2D eigenvalue weighted by atomic mass is 9.89. The second-order valence-corrected chi connectivity index (χ2v) is 12.6. The van der Waals surface area contributed by atoms with Gasteiger partial charge in [0, 0.05) is 18.9 Å². The van der Waals surface area contributed by atoms with Crippen molar-refractivity contribution in [2.24, 2.45) is 17.8 Å². The molecular weight excluding hydrogens is 618 g/mol. The maximum absolute atomic E-state index is 13.5. The molecule has 1 aliphatic rings. The van der Waals surface area contributed by atoms with Crippen molar-refractivity contribution in [1.82, 2.24) is 16.0 Å². The molecule has 3 amide bonds. The second kappa shape index (κ2) is 18.9. The van der Waals surface area contributed by atoms with E-state index in [1.165, 1.54) is 12.2 Å². The molecule has 2 aromatic carbocycles. The predicted molar refractivity (Wildman–Crippen MR) is 178 cm³/mol. The van der Waals surface area contributed by atoms with E-state index in [9.17, 15) is 29.4 Å². The van der Waals surface area contributed by atoms with Gasteiger partial charge in [-0.25, -0.2) is 4.79 Å². The maximum atomic E-state index is 13.5. The number of esters is 1. The number of benzene rings is 2. The summed E-state index contributed by atoms with van der Waals surface area (Å²) >= 11 is 0. The van der Waals surface area contributed by atoms with E-state index >= 15 is 0 Å². The first-order valence-electron chi connectivity index (χ1n) is 16.3. The van der Waals surface area contributed by atoms with E-state index in [0.29, 0.717) is 25.2 Å². The second-order valence-electron chi connectivity index (χ2n) is 12.6. The van der Waals surface area contributed by atoms with Crippen LogP contribution in [0.25, 0.3) is 0 Å². The number of ether oxygens (including phenoxy) is 3. The molecule has 6 atom stereocenters. The summed E-state index contributed by atoms with van der Waals surface area (Å²) in [6.45, 7) is 7.56. The lowest BCUT2D eigenvalue weighted by Gasteiger charge is -2.32. The molecule has 3 rings (SSSR count). The number of hydrogen-bond donors (Lipinski definition) is 5. The van der Waals surface area contributed by atoms with Gasteiger partial charge in [0.2, 0.25) is 17.7 Å². The number of cyclic esters (lactones) is 1. The summed E-state index contributed by atoms with van der Waals surface area (Å²) in [5.41, 5.74) is 2.33. The van der Waals surface area contributed by atoms with Gasteiger partial charge in [0.25, 0.3) is 0 Å². The topological polar surface area (TPSA) is 173 Å². The molecule has 0 bridgehead atoms. The fraction of sp³-hybridized carbons (Fsp3) is 0.500. The number of carbonyl (C=O) groups excluding carboxylic acids is 4. The van der Waals surface area contributed by atoms with Gasteiger partial charge >= 0.3 is 5.97 Å². The Balaban J connectivity index is 1.72. The number of carbonyl (C=O) groups is 4. The van der Waals surface area contributed by atoms with E-state index in [1.807, 2.05) is 38.1 Å². The Kier molecular flexibility index (Phi) is 15.1. The SMILES string of the molecule is COc1ccc(COCc2ccc(C(O)C(O)C(C)[C@@H]3C/C=C/C(=O)NCC(=O)NCC(C)C(=O)NC(CC(C)C)C(=O)O3)cc2)cc1. The standard InChI is InChI=1S/C36H49N3O9/c1-22(2)17-29-36(45)48-30(7-6-8-31(40)38-19-32(41)37-18-23(3)35(44)39-29)24(4)33(42)34(43)27-13-9-25(10-14-27)20-47-21-26-11-15-28(46-5)16-12-26/h6,8-16,22-24,29-30,33-34,42-43H,7,17-21H2,1-5H3,(H,37,41)(H,38,40)(H,39,44)/b8-6+/t23?,24?,29?,30-,33?,34?/m0/s1. The first-order chi connectivity index (χ1) is 22.9. The number of aliphatic hydroxyl groups excluding tert-OH is 2. The van der Waals surface area contributed by atoms with Crippen LogP contribution in [0.3, 0.4) is 0 Å². The summed E-state index contributed by atoms with van der Waals surface area (Å²) in [5, 5.41) is 30.2. The highest BCUT2D eigenvalue weighted by molar-refractivity contribution is 5.91. The highest BCUT2D eigenvalue weighted by atomic mass is 16.5. The molecule has 1 aliphatic heterocycles. The number of nitrogens with one attached hydrogen (secondary N) is 3. The van der Waals surface area contributed by atoms with Gasteiger partial charge in [0.15, 0.2) is 0 Å².